The van der Waals surface area contributed by atoms with Crippen LogP contribution >= 0.6 is 11.3 Å². The van der Waals surface area contributed by atoms with E-state index in [1.165, 1.54) is 11.3 Å². The van der Waals surface area contributed by atoms with Crippen molar-refractivity contribution < 1.29 is 4.79 Å². The van der Waals surface area contributed by atoms with Crippen LogP contribution in [-0.2, 0) is 13.1 Å². The van der Waals surface area contributed by atoms with E-state index in [0.29, 0.717) is 29.9 Å². The van der Waals surface area contributed by atoms with E-state index in [0.717, 1.165) is 22.5 Å². The van der Waals surface area contributed by atoms with E-state index < -0.39 is 0 Å². The van der Waals surface area contributed by atoms with Crippen molar-refractivity contribution in [3.8, 4) is 0 Å². The van der Waals surface area contributed by atoms with Crippen molar-refractivity contribution in [2.45, 2.75) is 26.9 Å². The summed E-state index contributed by atoms with van der Waals surface area (Å²) in [6, 6.07) is 25.8. The van der Waals surface area contributed by atoms with Crippen LogP contribution in [0.4, 0.5) is 5.95 Å². The van der Waals surface area contributed by atoms with Gasteiger partial charge in [-0.15, -0.1) is 11.3 Å². The molecule has 166 valence electrons. The van der Waals surface area contributed by atoms with Gasteiger partial charge in [0.25, 0.3) is 11.9 Å². The minimum Gasteiger partial charge on any atom is -0.334 e. The van der Waals surface area contributed by atoms with Crippen LogP contribution in [0, 0.1) is 13.8 Å². The predicted octanol–water partition coefficient (Wildman–Crippen LogP) is 5.27. The van der Waals surface area contributed by atoms with Crippen LogP contribution < -0.4 is 5.32 Å². The van der Waals surface area contributed by atoms with E-state index in [1.54, 1.807) is 6.07 Å². The lowest BCUT2D eigenvalue weighted by atomic mass is 10.2. The first-order valence-corrected chi connectivity index (χ1v) is 11.5. The average Bonchev–Trinajstić information content (AvgIpc) is 3.34. The molecular formula is C26H25N5OS. The first kappa shape index (κ1) is 22.4. The minimum atomic E-state index is -0.209. The van der Waals surface area contributed by atoms with Crippen molar-refractivity contribution in [1.82, 2.24) is 20.2 Å². The van der Waals surface area contributed by atoms with Crippen molar-refractivity contribution in [2.75, 3.05) is 0 Å². The van der Waals surface area contributed by atoms with Gasteiger partial charge in [-0.3, -0.25) is 10.1 Å². The molecule has 1 amide bonds. The van der Waals surface area contributed by atoms with Gasteiger partial charge in [0.1, 0.15) is 0 Å². The molecule has 0 unspecified atom stereocenters. The minimum absolute atomic E-state index is 0.209. The summed E-state index contributed by atoms with van der Waals surface area (Å²) in [6.45, 7) is 4.93. The molecule has 0 saturated heterocycles. The third kappa shape index (κ3) is 6.33. The molecule has 0 atom stereocenters. The molecule has 2 aromatic carbocycles. The van der Waals surface area contributed by atoms with Crippen LogP contribution in [0.15, 0.2) is 89.2 Å². The Kier molecular flexibility index (Phi) is 7.22. The fraction of sp³-hybridized carbons (Fsp3) is 0.154. The molecular weight excluding hydrogens is 430 g/mol. The molecule has 4 aromatic rings. The lowest BCUT2D eigenvalue weighted by Gasteiger charge is -2.26. The van der Waals surface area contributed by atoms with Gasteiger partial charge in [0.2, 0.25) is 5.96 Å². The largest absolute Gasteiger partial charge is 0.334 e. The van der Waals surface area contributed by atoms with Crippen molar-refractivity contribution in [3.05, 3.63) is 112 Å². The van der Waals surface area contributed by atoms with Gasteiger partial charge in [-0.05, 0) is 42.5 Å². The molecule has 4 rings (SSSR count). The number of nitrogens with zero attached hydrogens (tertiary/aromatic N) is 4. The second kappa shape index (κ2) is 10.7. The van der Waals surface area contributed by atoms with Crippen LogP contribution in [0.25, 0.3) is 0 Å². The zero-order valence-corrected chi connectivity index (χ0v) is 19.4. The Bertz CT molecular complexity index is 1160. The number of carbonyl (C=O) groups excluding carboxylic acids is 1. The van der Waals surface area contributed by atoms with Crippen LogP contribution in [0.5, 0.6) is 0 Å². The number of hydrogen-bond donors (Lipinski definition) is 1. The molecule has 0 saturated carbocycles. The average molecular weight is 456 g/mol. The molecule has 33 heavy (non-hydrogen) atoms. The van der Waals surface area contributed by atoms with Crippen LogP contribution in [0.1, 0.15) is 32.2 Å². The molecule has 0 aliphatic carbocycles. The van der Waals surface area contributed by atoms with Crippen molar-refractivity contribution in [2.24, 2.45) is 4.99 Å². The molecule has 0 fully saturated rings. The van der Waals surface area contributed by atoms with Gasteiger partial charge in [-0.2, -0.15) is 4.99 Å². The lowest BCUT2D eigenvalue weighted by molar-refractivity contribution is 0.0975. The van der Waals surface area contributed by atoms with Gasteiger partial charge >= 0.3 is 0 Å². The zero-order chi connectivity index (χ0) is 23.0. The van der Waals surface area contributed by atoms with Crippen molar-refractivity contribution in [1.29, 1.82) is 0 Å². The molecule has 2 heterocycles. The second-order valence-electron chi connectivity index (χ2n) is 7.64. The molecule has 7 heteroatoms. The van der Waals surface area contributed by atoms with Gasteiger partial charge < -0.3 is 4.90 Å². The van der Waals surface area contributed by atoms with Crippen molar-refractivity contribution >= 4 is 29.2 Å². The smallest absolute Gasteiger partial charge is 0.268 e. The van der Waals surface area contributed by atoms with Gasteiger partial charge in [0.05, 0.1) is 4.88 Å². The summed E-state index contributed by atoms with van der Waals surface area (Å²) >= 11 is 1.39. The number of guanidine groups is 1. The standard InChI is InChI=1S/C26H25N5OS/c1-19-16-20(2)28-25(27-19)30-26(29-24(32)23-14-9-15-33-23)31(17-21-10-5-3-6-11-21)18-22-12-7-4-8-13-22/h3-16H,17-18H2,1-2H3,(H,27,28,29,30,32). The molecule has 0 bridgehead atoms. The van der Waals surface area contributed by atoms with Gasteiger partial charge in [-0.1, -0.05) is 66.7 Å². The monoisotopic (exact) mass is 455 g/mol. The maximum atomic E-state index is 13.0. The fourth-order valence-corrected chi connectivity index (χ4v) is 4.03. The summed E-state index contributed by atoms with van der Waals surface area (Å²) < 4.78 is 0. The highest BCUT2D eigenvalue weighted by atomic mass is 32.1. The Morgan fingerprint density at radius 1 is 0.879 bits per heavy atom. The summed E-state index contributed by atoms with van der Waals surface area (Å²) in [5.74, 6) is 0.519. The van der Waals surface area contributed by atoms with Crippen LogP contribution in [0.2, 0.25) is 0 Å². The quantitative estimate of drug-likeness (QED) is 0.317. The van der Waals surface area contributed by atoms with E-state index in [4.69, 9.17) is 4.99 Å². The molecule has 0 spiro atoms. The van der Waals surface area contributed by atoms with Crippen LogP contribution in [0.3, 0.4) is 0 Å². The Hall–Kier alpha value is -3.84. The highest BCUT2D eigenvalue weighted by Crippen LogP contribution is 2.15. The van der Waals surface area contributed by atoms with E-state index in [1.807, 2.05) is 72.7 Å². The first-order valence-electron chi connectivity index (χ1n) is 10.7. The number of thiophene rings is 1. The Labute approximate surface area is 197 Å². The van der Waals surface area contributed by atoms with Crippen molar-refractivity contribution in [3.63, 3.8) is 0 Å². The number of hydrogen-bond acceptors (Lipinski definition) is 5. The number of benzene rings is 2. The molecule has 2 aromatic heterocycles. The lowest BCUT2D eigenvalue weighted by Crippen LogP contribution is -2.43. The van der Waals surface area contributed by atoms with Crippen LogP contribution in [-0.4, -0.2) is 26.7 Å². The van der Waals surface area contributed by atoms with E-state index in [-0.39, 0.29) is 5.91 Å². The normalized spacial score (nSPS) is 11.3. The van der Waals surface area contributed by atoms with Gasteiger partial charge in [0, 0.05) is 24.5 Å². The number of carbonyl (C=O) groups is 1. The fourth-order valence-electron chi connectivity index (χ4n) is 3.41. The highest BCUT2D eigenvalue weighted by molar-refractivity contribution is 7.12. The summed E-state index contributed by atoms with van der Waals surface area (Å²) in [5, 5.41) is 4.89. The maximum Gasteiger partial charge on any atom is 0.268 e. The predicted molar refractivity (Wildman–Crippen MR) is 133 cm³/mol. The number of rotatable bonds is 6. The SMILES string of the molecule is Cc1cc(C)nc(/N=C(\NC(=O)c2cccs2)N(Cc2ccccc2)Cc2ccccc2)n1. The summed E-state index contributed by atoms with van der Waals surface area (Å²) in [5.41, 5.74) is 3.85. The molecule has 1 N–H and O–H groups in total. The molecule has 0 aliphatic rings. The molecule has 6 nitrogen and oxygen atoms in total. The number of aryl methyl sites for hydroxylation is 2. The number of aliphatic imine (C=N–C) groups is 1. The Balaban J connectivity index is 1.74. The number of amides is 1. The Morgan fingerprint density at radius 2 is 1.45 bits per heavy atom. The van der Waals surface area contributed by atoms with E-state index in [9.17, 15) is 4.79 Å². The third-order valence-electron chi connectivity index (χ3n) is 4.88. The molecule has 0 aliphatic heterocycles. The summed E-state index contributed by atoms with van der Waals surface area (Å²) in [7, 11) is 0. The first-order chi connectivity index (χ1) is 16.1. The van der Waals surface area contributed by atoms with Gasteiger partial charge in [-0.25, -0.2) is 9.97 Å². The summed E-state index contributed by atoms with van der Waals surface area (Å²) in [4.78, 5) is 29.3. The second-order valence-corrected chi connectivity index (χ2v) is 8.59. The topological polar surface area (TPSA) is 70.5 Å². The van der Waals surface area contributed by atoms with E-state index in [2.05, 4.69) is 39.6 Å². The number of aromatic nitrogens is 2. The number of nitrogens with one attached hydrogen (secondary N) is 1. The maximum absolute atomic E-state index is 13.0. The zero-order valence-electron chi connectivity index (χ0n) is 18.6. The molecule has 0 radical (unpaired) electrons. The Morgan fingerprint density at radius 3 is 1.97 bits per heavy atom. The van der Waals surface area contributed by atoms with Gasteiger partial charge in [0.15, 0.2) is 0 Å². The third-order valence-corrected chi connectivity index (χ3v) is 5.75. The van der Waals surface area contributed by atoms with E-state index >= 15 is 0 Å². The summed E-state index contributed by atoms with van der Waals surface area (Å²) in [6.07, 6.45) is 0. The highest BCUT2D eigenvalue weighted by Gasteiger charge is 2.18.